The van der Waals surface area contributed by atoms with E-state index in [1.807, 2.05) is 13.8 Å². The Bertz CT molecular complexity index is 331. The molecule has 1 amide bonds. The highest BCUT2D eigenvalue weighted by Crippen LogP contribution is 2.59. The summed E-state index contributed by atoms with van der Waals surface area (Å²) in [6.45, 7) is 6.19. The second-order valence-corrected chi connectivity index (χ2v) is 5.41. The van der Waals surface area contributed by atoms with Crippen molar-refractivity contribution in [1.29, 1.82) is 0 Å². The van der Waals surface area contributed by atoms with Crippen LogP contribution in [-0.4, -0.2) is 48.2 Å². The average Bonchev–Trinajstić information content (AvgIpc) is 2.90. The Morgan fingerprint density at radius 1 is 1.24 bits per heavy atom. The van der Waals surface area contributed by atoms with Gasteiger partial charge in [-0.3, -0.25) is 9.59 Å². The molecule has 2 rings (SSSR count). The van der Waals surface area contributed by atoms with Crippen LogP contribution in [-0.2, 0) is 14.3 Å². The van der Waals surface area contributed by atoms with E-state index in [-0.39, 0.29) is 11.8 Å². The molecule has 1 heterocycles. The smallest absolute Gasteiger partial charge is 0.307 e. The molecule has 0 aromatic heterocycles. The monoisotopic (exact) mass is 241 g/mol. The van der Waals surface area contributed by atoms with E-state index in [1.54, 1.807) is 4.90 Å². The lowest BCUT2D eigenvalue weighted by Gasteiger charge is -2.20. The standard InChI is InChI=1S/C12H19NO4/c1-12(2)8(9(12)11(15)16)10(14)13-4-3-6-17-7-5-13/h8-9H,3-7H2,1-2H3,(H,15,16). The van der Waals surface area contributed by atoms with Gasteiger partial charge in [0.25, 0.3) is 0 Å². The van der Waals surface area contributed by atoms with Gasteiger partial charge in [-0.1, -0.05) is 13.8 Å². The highest BCUT2D eigenvalue weighted by Gasteiger charge is 2.66. The second kappa shape index (κ2) is 4.29. The van der Waals surface area contributed by atoms with Crippen LogP contribution in [0, 0.1) is 17.3 Å². The van der Waals surface area contributed by atoms with Gasteiger partial charge in [0.15, 0.2) is 0 Å². The fraction of sp³-hybridized carbons (Fsp3) is 0.833. The molecule has 1 aliphatic carbocycles. The molecule has 2 fully saturated rings. The zero-order chi connectivity index (χ0) is 12.6. The number of amides is 1. The molecular weight excluding hydrogens is 222 g/mol. The van der Waals surface area contributed by atoms with E-state index in [0.717, 1.165) is 6.42 Å². The van der Waals surface area contributed by atoms with E-state index in [4.69, 9.17) is 9.84 Å². The van der Waals surface area contributed by atoms with Gasteiger partial charge in [-0.2, -0.15) is 0 Å². The predicted molar refractivity (Wildman–Crippen MR) is 60.4 cm³/mol. The first-order valence-electron chi connectivity index (χ1n) is 6.05. The number of carbonyl (C=O) groups excluding carboxylic acids is 1. The van der Waals surface area contributed by atoms with Gasteiger partial charge >= 0.3 is 5.97 Å². The highest BCUT2D eigenvalue weighted by molar-refractivity contribution is 5.91. The number of nitrogens with zero attached hydrogens (tertiary/aromatic N) is 1. The van der Waals surface area contributed by atoms with Gasteiger partial charge in [-0.05, 0) is 11.8 Å². The van der Waals surface area contributed by atoms with E-state index < -0.39 is 17.3 Å². The normalized spacial score (nSPS) is 31.8. The molecule has 1 saturated carbocycles. The number of carboxylic acids is 1. The molecule has 2 unspecified atom stereocenters. The summed E-state index contributed by atoms with van der Waals surface area (Å²) in [5, 5.41) is 9.07. The molecular formula is C12H19NO4. The molecule has 2 aliphatic rings. The maximum absolute atomic E-state index is 12.3. The molecule has 0 radical (unpaired) electrons. The molecule has 96 valence electrons. The number of carbonyl (C=O) groups is 2. The Balaban J connectivity index is 2.03. The van der Waals surface area contributed by atoms with Gasteiger partial charge in [0.05, 0.1) is 18.4 Å². The van der Waals surface area contributed by atoms with Crippen LogP contribution in [0.1, 0.15) is 20.3 Å². The van der Waals surface area contributed by atoms with Crippen LogP contribution in [0.5, 0.6) is 0 Å². The first kappa shape index (κ1) is 12.4. The van der Waals surface area contributed by atoms with Crippen molar-refractivity contribution in [2.24, 2.45) is 17.3 Å². The third-order valence-electron chi connectivity index (χ3n) is 3.89. The number of rotatable bonds is 2. The van der Waals surface area contributed by atoms with Crippen molar-refractivity contribution in [3.8, 4) is 0 Å². The lowest BCUT2D eigenvalue weighted by molar-refractivity contribution is -0.142. The third kappa shape index (κ3) is 2.16. The van der Waals surface area contributed by atoms with Crippen molar-refractivity contribution in [2.45, 2.75) is 20.3 Å². The molecule has 1 N–H and O–H groups in total. The summed E-state index contributed by atoms with van der Waals surface area (Å²) in [6.07, 6.45) is 0.830. The molecule has 0 aromatic rings. The quantitative estimate of drug-likeness (QED) is 0.768. The van der Waals surface area contributed by atoms with E-state index in [0.29, 0.717) is 26.3 Å². The van der Waals surface area contributed by atoms with Gasteiger partial charge in [0, 0.05) is 19.7 Å². The maximum atomic E-state index is 12.3. The minimum absolute atomic E-state index is 0.0205. The lowest BCUT2D eigenvalue weighted by atomic mass is 10.1. The highest BCUT2D eigenvalue weighted by atomic mass is 16.5. The summed E-state index contributed by atoms with van der Waals surface area (Å²) in [6, 6.07) is 0. The van der Waals surface area contributed by atoms with E-state index in [9.17, 15) is 9.59 Å². The van der Waals surface area contributed by atoms with Crippen molar-refractivity contribution in [3.63, 3.8) is 0 Å². The molecule has 0 aromatic carbocycles. The van der Waals surface area contributed by atoms with Crippen LogP contribution < -0.4 is 0 Å². The van der Waals surface area contributed by atoms with Crippen LogP contribution in [0.15, 0.2) is 0 Å². The summed E-state index contributed by atoms with van der Waals surface area (Å²) in [4.78, 5) is 25.1. The summed E-state index contributed by atoms with van der Waals surface area (Å²) >= 11 is 0. The van der Waals surface area contributed by atoms with Gasteiger partial charge < -0.3 is 14.7 Å². The largest absolute Gasteiger partial charge is 0.481 e. The Kier molecular flexibility index (Phi) is 3.12. The van der Waals surface area contributed by atoms with Gasteiger partial charge in [-0.25, -0.2) is 0 Å². The summed E-state index contributed by atoms with van der Waals surface area (Å²) < 4.78 is 5.29. The van der Waals surface area contributed by atoms with Gasteiger partial charge in [0.1, 0.15) is 0 Å². The molecule has 17 heavy (non-hydrogen) atoms. The first-order chi connectivity index (χ1) is 7.96. The van der Waals surface area contributed by atoms with Crippen molar-refractivity contribution >= 4 is 11.9 Å². The van der Waals surface area contributed by atoms with Crippen LogP contribution in [0.25, 0.3) is 0 Å². The molecule has 5 nitrogen and oxygen atoms in total. The van der Waals surface area contributed by atoms with Crippen molar-refractivity contribution in [3.05, 3.63) is 0 Å². The van der Waals surface area contributed by atoms with Crippen LogP contribution in [0.2, 0.25) is 0 Å². The molecule has 5 heteroatoms. The number of carboxylic acid groups (broad SMARTS) is 1. The van der Waals surface area contributed by atoms with Crippen molar-refractivity contribution < 1.29 is 19.4 Å². The van der Waals surface area contributed by atoms with Crippen LogP contribution in [0.4, 0.5) is 0 Å². The second-order valence-electron chi connectivity index (χ2n) is 5.41. The molecule has 1 aliphatic heterocycles. The average molecular weight is 241 g/mol. The molecule has 2 atom stereocenters. The Morgan fingerprint density at radius 3 is 2.53 bits per heavy atom. The summed E-state index contributed by atoms with van der Waals surface area (Å²) in [5.74, 6) is -1.77. The minimum atomic E-state index is -0.862. The topological polar surface area (TPSA) is 66.8 Å². The number of hydrogen-bond donors (Lipinski definition) is 1. The summed E-state index contributed by atoms with van der Waals surface area (Å²) in [7, 11) is 0. The SMILES string of the molecule is CC1(C)C(C(=O)O)C1C(=O)N1CCCOCC1. The fourth-order valence-electron chi connectivity index (χ4n) is 2.72. The van der Waals surface area contributed by atoms with Crippen molar-refractivity contribution in [2.75, 3.05) is 26.3 Å². The number of aliphatic carboxylic acids is 1. The maximum Gasteiger partial charge on any atom is 0.307 e. The Morgan fingerprint density at radius 2 is 1.94 bits per heavy atom. The Labute approximate surface area is 101 Å². The Hall–Kier alpha value is -1.10. The van der Waals surface area contributed by atoms with E-state index in [1.165, 1.54) is 0 Å². The van der Waals surface area contributed by atoms with E-state index >= 15 is 0 Å². The lowest BCUT2D eigenvalue weighted by Crippen LogP contribution is -2.35. The van der Waals surface area contributed by atoms with Crippen LogP contribution in [0.3, 0.4) is 0 Å². The zero-order valence-corrected chi connectivity index (χ0v) is 10.3. The number of hydrogen-bond acceptors (Lipinski definition) is 3. The third-order valence-corrected chi connectivity index (χ3v) is 3.89. The first-order valence-corrected chi connectivity index (χ1v) is 6.05. The molecule has 1 saturated heterocycles. The summed E-state index contributed by atoms with van der Waals surface area (Å²) in [5.41, 5.74) is -0.407. The van der Waals surface area contributed by atoms with E-state index in [2.05, 4.69) is 0 Å². The fourth-order valence-corrected chi connectivity index (χ4v) is 2.72. The molecule has 0 spiro atoms. The van der Waals surface area contributed by atoms with Crippen LogP contribution >= 0.6 is 0 Å². The number of ether oxygens (including phenoxy) is 1. The molecule has 0 bridgehead atoms. The van der Waals surface area contributed by atoms with Crippen molar-refractivity contribution in [1.82, 2.24) is 4.90 Å². The minimum Gasteiger partial charge on any atom is -0.481 e. The zero-order valence-electron chi connectivity index (χ0n) is 10.3. The van der Waals surface area contributed by atoms with Gasteiger partial charge in [0.2, 0.25) is 5.91 Å². The van der Waals surface area contributed by atoms with Gasteiger partial charge in [-0.15, -0.1) is 0 Å². The predicted octanol–water partition coefficient (Wildman–Crippen LogP) is 0.592.